The van der Waals surface area contributed by atoms with Gasteiger partial charge in [-0.25, -0.2) is 19.2 Å². The summed E-state index contributed by atoms with van der Waals surface area (Å²) in [6.07, 6.45) is -0.282. The van der Waals surface area contributed by atoms with Gasteiger partial charge in [0, 0.05) is 37.1 Å². The van der Waals surface area contributed by atoms with Crippen LogP contribution in [0.5, 0.6) is 0 Å². The van der Waals surface area contributed by atoms with E-state index in [1.807, 2.05) is 24.3 Å². The lowest BCUT2D eigenvalue weighted by atomic mass is 10.1. The normalized spacial score (nSPS) is 14.4. The number of nitrogens with zero attached hydrogens (tertiary/aromatic N) is 4. The molecular weight excluding hydrogens is 359 g/mol. The third kappa shape index (κ3) is 3.60. The summed E-state index contributed by atoms with van der Waals surface area (Å²) in [5.41, 5.74) is 1.44. The molecule has 1 saturated heterocycles. The van der Waals surface area contributed by atoms with Crippen molar-refractivity contribution in [2.75, 3.05) is 37.7 Å². The van der Waals surface area contributed by atoms with Crippen LogP contribution < -0.4 is 4.90 Å². The molecule has 1 amide bonds. The Balaban J connectivity index is 1.68. The first-order valence-corrected chi connectivity index (χ1v) is 9.35. The van der Waals surface area contributed by atoms with Gasteiger partial charge in [0.05, 0.1) is 12.1 Å². The van der Waals surface area contributed by atoms with E-state index in [0.717, 1.165) is 16.7 Å². The van der Waals surface area contributed by atoms with Crippen LogP contribution in [-0.2, 0) is 4.74 Å². The van der Waals surface area contributed by atoms with Crippen molar-refractivity contribution >= 4 is 22.8 Å². The summed E-state index contributed by atoms with van der Waals surface area (Å²) < 4.78 is 18.8. The van der Waals surface area contributed by atoms with Gasteiger partial charge in [0.2, 0.25) is 0 Å². The molecule has 6 nitrogen and oxygen atoms in total. The molecule has 1 aromatic heterocycles. The molecule has 0 atom stereocenters. The van der Waals surface area contributed by atoms with E-state index in [0.29, 0.717) is 44.2 Å². The predicted molar refractivity (Wildman–Crippen MR) is 106 cm³/mol. The number of anilines is 1. The van der Waals surface area contributed by atoms with Crippen molar-refractivity contribution in [3.05, 3.63) is 54.3 Å². The zero-order valence-electron chi connectivity index (χ0n) is 15.6. The molecule has 0 radical (unpaired) electrons. The number of amides is 1. The third-order valence-electron chi connectivity index (χ3n) is 4.77. The summed E-state index contributed by atoms with van der Waals surface area (Å²) in [5.74, 6) is 0.966. The lowest BCUT2D eigenvalue weighted by Crippen LogP contribution is -2.49. The van der Waals surface area contributed by atoms with Crippen molar-refractivity contribution in [3.8, 4) is 11.4 Å². The van der Waals surface area contributed by atoms with E-state index < -0.39 is 0 Å². The van der Waals surface area contributed by atoms with E-state index in [1.165, 1.54) is 12.1 Å². The number of carbonyl (C=O) groups excluding carboxylic acids is 1. The maximum Gasteiger partial charge on any atom is 0.409 e. The highest BCUT2D eigenvalue weighted by Crippen LogP contribution is 2.28. The lowest BCUT2D eigenvalue weighted by Gasteiger charge is -2.35. The number of hydrogen-bond donors (Lipinski definition) is 0. The second-order valence-electron chi connectivity index (χ2n) is 6.57. The average Bonchev–Trinajstić information content (AvgIpc) is 2.73. The number of rotatable bonds is 3. The molecule has 7 heteroatoms. The number of carbonyl (C=O) groups is 1. The first-order chi connectivity index (χ1) is 13.7. The standard InChI is InChI=1S/C21H21FN4O2/c1-2-28-21(27)26-12-10-25(11-13-26)20-17-8-3-4-9-18(17)23-19(24-20)15-6-5-7-16(22)14-15/h3-9,14H,2,10-13H2,1H3. The SMILES string of the molecule is CCOC(=O)N1CCN(c2nc(-c3cccc(F)c3)nc3ccccc23)CC1. The molecule has 2 heterocycles. The van der Waals surface area contributed by atoms with Crippen LogP contribution in [0.3, 0.4) is 0 Å². The Kier molecular flexibility index (Phi) is 5.06. The second-order valence-corrected chi connectivity index (χ2v) is 6.57. The van der Waals surface area contributed by atoms with E-state index in [1.54, 1.807) is 24.0 Å². The van der Waals surface area contributed by atoms with Gasteiger partial charge >= 0.3 is 6.09 Å². The number of halogens is 1. The summed E-state index contributed by atoms with van der Waals surface area (Å²) in [4.78, 5) is 25.2. The van der Waals surface area contributed by atoms with Crippen molar-refractivity contribution in [2.24, 2.45) is 0 Å². The van der Waals surface area contributed by atoms with Gasteiger partial charge in [-0.1, -0.05) is 24.3 Å². The Morgan fingerprint density at radius 1 is 1.07 bits per heavy atom. The minimum Gasteiger partial charge on any atom is -0.450 e. The van der Waals surface area contributed by atoms with Crippen molar-refractivity contribution in [2.45, 2.75) is 6.92 Å². The van der Waals surface area contributed by atoms with Gasteiger partial charge in [-0.05, 0) is 31.2 Å². The van der Waals surface area contributed by atoms with E-state index in [-0.39, 0.29) is 11.9 Å². The predicted octanol–water partition coefficient (Wildman–Crippen LogP) is 3.71. The number of aromatic nitrogens is 2. The van der Waals surface area contributed by atoms with Crippen LogP contribution in [0.25, 0.3) is 22.3 Å². The molecule has 144 valence electrons. The van der Waals surface area contributed by atoms with Crippen LogP contribution in [0.4, 0.5) is 15.0 Å². The molecule has 0 saturated carbocycles. The first kappa shape index (κ1) is 18.2. The molecule has 4 rings (SSSR count). The minimum absolute atomic E-state index is 0.282. The van der Waals surface area contributed by atoms with Crippen LogP contribution >= 0.6 is 0 Å². The second kappa shape index (κ2) is 7.80. The fourth-order valence-electron chi connectivity index (χ4n) is 3.37. The summed E-state index contributed by atoms with van der Waals surface area (Å²) in [6.45, 7) is 4.57. The molecule has 2 aromatic carbocycles. The third-order valence-corrected chi connectivity index (χ3v) is 4.77. The molecule has 0 aliphatic carbocycles. The average molecular weight is 380 g/mol. The van der Waals surface area contributed by atoms with Crippen LogP contribution in [0.15, 0.2) is 48.5 Å². The van der Waals surface area contributed by atoms with Crippen LogP contribution in [0, 0.1) is 5.82 Å². The highest BCUT2D eigenvalue weighted by Gasteiger charge is 2.24. The van der Waals surface area contributed by atoms with Gasteiger partial charge in [0.25, 0.3) is 0 Å². The summed E-state index contributed by atoms with van der Waals surface area (Å²) in [5, 5.41) is 0.937. The highest BCUT2D eigenvalue weighted by molar-refractivity contribution is 5.91. The Labute approximate surface area is 162 Å². The number of piperazine rings is 1. The number of fused-ring (bicyclic) bond motifs is 1. The fraction of sp³-hybridized carbons (Fsp3) is 0.286. The van der Waals surface area contributed by atoms with Gasteiger partial charge in [-0.15, -0.1) is 0 Å². The molecule has 0 bridgehead atoms. The monoisotopic (exact) mass is 380 g/mol. The molecule has 0 N–H and O–H groups in total. The van der Waals surface area contributed by atoms with Gasteiger partial charge in [0.15, 0.2) is 5.82 Å². The molecule has 0 spiro atoms. The quantitative estimate of drug-likeness (QED) is 0.693. The fourth-order valence-corrected chi connectivity index (χ4v) is 3.37. The van der Waals surface area contributed by atoms with Gasteiger partial charge in [-0.2, -0.15) is 0 Å². The Morgan fingerprint density at radius 3 is 2.61 bits per heavy atom. The van der Waals surface area contributed by atoms with Crippen LogP contribution in [0.2, 0.25) is 0 Å². The number of ether oxygens (including phenoxy) is 1. The maximum atomic E-state index is 13.7. The summed E-state index contributed by atoms with van der Waals surface area (Å²) in [6, 6.07) is 14.1. The Hall–Kier alpha value is -3.22. The van der Waals surface area contributed by atoms with Gasteiger partial charge in [0.1, 0.15) is 11.6 Å². The Morgan fingerprint density at radius 2 is 1.86 bits per heavy atom. The smallest absolute Gasteiger partial charge is 0.409 e. The maximum absolute atomic E-state index is 13.7. The largest absolute Gasteiger partial charge is 0.450 e. The van der Waals surface area contributed by atoms with E-state index in [4.69, 9.17) is 9.72 Å². The van der Waals surface area contributed by atoms with Crippen LogP contribution in [0.1, 0.15) is 6.92 Å². The zero-order chi connectivity index (χ0) is 19.5. The van der Waals surface area contributed by atoms with Crippen molar-refractivity contribution < 1.29 is 13.9 Å². The van der Waals surface area contributed by atoms with Crippen LogP contribution in [-0.4, -0.2) is 53.7 Å². The minimum atomic E-state index is -0.321. The first-order valence-electron chi connectivity index (χ1n) is 9.35. The summed E-state index contributed by atoms with van der Waals surface area (Å²) in [7, 11) is 0. The molecule has 3 aromatic rings. The van der Waals surface area contributed by atoms with Crippen molar-refractivity contribution in [1.29, 1.82) is 0 Å². The molecule has 1 aliphatic heterocycles. The van der Waals surface area contributed by atoms with Crippen molar-refractivity contribution in [1.82, 2.24) is 14.9 Å². The molecule has 1 aliphatic rings. The lowest BCUT2D eigenvalue weighted by molar-refractivity contribution is 0.105. The zero-order valence-corrected chi connectivity index (χ0v) is 15.6. The topological polar surface area (TPSA) is 58.6 Å². The molecule has 28 heavy (non-hydrogen) atoms. The molecule has 1 fully saturated rings. The van der Waals surface area contributed by atoms with Gasteiger partial charge < -0.3 is 14.5 Å². The number of benzene rings is 2. The van der Waals surface area contributed by atoms with E-state index >= 15 is 0 Å². The summed E-state index contributed by atoms with van der Waals surface area (Å²) >= 11 is 0. The van der Waals surface area contributed by atoms with E-state index in [2.05, 4.69) is 9.88 Å². The number of hydrogen-bond acceptors (Lipinski definition) is 5. The molecule has 0 unspecified atom stereocenters. The highest BCUT2D eigenvalue weighted by atomic mass is 19.1. The number of para-hydroxylation sites is 1. The Bertz CT molecular complexity index is 1000. The van der Waals surface area contributed by atoms with Crippen molar-refractivity contribution in [3.63, 3.8) is 0 Å². The van der Waals surface area contributed by atoms with Gasteiger partial charge in [-0.3, -0.25) is 0 Å². The molecular formula is C21H21FN4O2. The van der Waals surface area contributed by atoms with E-state index in [9.17, 15) is 9.18 Å².